The summed E-state index contributed by atoms with van der Waals surface area (Å²) >= 11 is 3.15. The Morgan fingerprint density at radius 1 is 1.25 bits per heavy atom. The number of hydrogen-bond donors (Lipinski definition) is 2. The lowest BCUT2D eigenvalue weighted by molar-refractivity contribution is 0.102. The van der Waals surface area contributed by atoms with Crippen LogP contribution in [-0.4, -0.2) is 28.6 Å². The Morgan fingerprint density at radius 3 is 2.78 bits per heavy atom. The lowest BCUT2D eigenvalue weighted by Crippen LogP contribution is -2.20. The van der Waals surface area contributed by atoms with E-state index in [1.807, 2.05) is 26.0 Å². The van der Waals surface area contributed by atoms with E-state index in [2.05, 4.69) is 48.4 Å². The molecule has 1 amide bonds. The maximum absolute atomic E-state index is 13.5. The molecule has 0 spiro atoms. The van der Waals surface area contributed by atoms with Crippen molar-refractivity contribution in [2.24, 2.45) is 4.99 Å². The molecule has 1 aromatic heterocycles. The van der Waals surface area contributed by atoms with E-state index in [9.17, 15) is 9.18 Å². The monoisotopic (exact) mass is 497 g/mol. The smallest absolute Gasteiger partial charge is 0.256 e. The van der Waals surface area contributed by atoms with Gasteiger partial charge >= 0.3 is 0 Å². The lowest BCUT2D eigenvalue weighted by Gasteiger charge is -2.10. The van der Waals surface area contributed by atoms with Gasteiger partial charge in [0.15, 0.2) is 11.5 Å². The highest BCUT2D eigenvalue weighted by Gasteiger charge is 2.20. The summed E-state index contributed by atoms with van der Waals surface area (Å²) in [5.41, 5.74) is 3.16. The van der Waals surface area contributed by atoms with Crippen molar-refractivity contribution in [1.82, 2.24) is 10.3 Å². The van der Waals surface area contributed by atoms with E-state index in [1.54, 1.807) is 36.4 Å². The van der Waals surface area contributed by atoms with Crippen LogP contribution >= 0.6 is 15.9 Å². The third-order valence-electron chi connectivity index (χ3n) is 4.40. The van der Waals surface area contributed by atoms with Crippen LogP contribution in [0.15, 0.2) is 69.2 Å². The fourth-order valence-corrected chi connectivity index (χ4v) is 3.16. The summed E-state index contributed by atoms with van der Waals surface area (Å²) in [7, 11) is 0. The lowest BCUT2D eigenvalue weighted by atomic mass is 10.0. The predicted molar refractivity (Wildman–Crippen MR) is 127 cm³/mol. The SMILES string of the molecule is C=C/C=C\c1cc(C(=O)Nc2nonc2C(=NCC)Nc2ccc(F)c(Br)c2)ccc1C. The fourth-order valence-electron chi connectivity index (χ4n) is 2.78. The molecule has 0 saturated carbocycles. The summed E-state index contributed by atoms with van der Waals surface area (Å²) in [5, 5.41) is 13.5. The Balaban J connectivity index is 1.85. The Morgan fingerprint density at radius 2 is 2.06 bits per heavy atom. The number of hydrogen-bond acceptors (Lipinski definition) is 5. The number of benzene rings is 2. The number of amides is 1. The van der Waals surface area contributed by atoms with Crippen molar-refractivity contribution < 1.29 is 13.8 Å². The minimum Gasteiger partial charge on any atom is -0.338 e. The molecule has 0 aliphatic carbocycles. The Hall–Kier alpha value is -3.59. The number of rotatable bonds is 7. The van der Waals surface area contributed by atoms with E-state index in [1.165, 1.54) is 6.07 Å². The van der Waals surface area contributed by atoms with Gasteiger partial charge in [0.25, 0.3) is 5.91 Å². The van der Waals surface area contributed by atoms with E-state index >= 15 is 0 Å². The number of halogens is 2. The van der Waals surface area contributed by atoms with Crippen molar-refractivity contribution in [2.75, 3.05) is 17.2 Å². The highest BCUT2D eigenvalue weighted by molar-refractivity contribution is 9.10. The van der Waals surface area contributed by atoms with Gasteiger partial charge in [-0.05, 0) is 81.5 Å². The first kappa shape index (κ1) is 23.1. The number of aliphatic imine (C=N–C) groups is 1. The van der Waals surface area contributed by atoms with E-state index in [4.69, 9.17) is 4.63 Å². The maximum atomic E-state index is 13.5. The van der Waals surface area contributed by atoms with Crippen molar-refractivity contribution in [2.45, 2.75) is 13.8 Å². The molecule has 0 atom stereocenters. The van der Waals surface area contributed by atoms with Gasteiger partial charge in [0.1, 0.15) is 5.82 Å². The highest BCUT2D eigenvalue weighted by Crippen LogP contribution is 2.22. The van der Waals surface area contributed by atoms with Crippen molar-refractivity contribution in [3.8, 4) is 0 Å². The molecule has 2 aromatic carbocycles. The van der Waals surface area contributed by atoms with Crippen LogP contribution in [0.3, 0.4) is 0 Å². The zero-order valence-electron chi connectivity index (χ0n) is 17.5. The molecule has 0 saturated heterocycles. The Labute approximate surface area is 193 Å². The summed E-state index contributed by atoms with van der Waals surface area (Å²) in [6.45, 7) is 7.90. The normalized spacial score (nSPS) is 11.6. The van der Waals surface area contributed by atoms with Gasteiger partial charge in [0.05, 0.1) is 4.47 Å². The fraction of sp³-hybridized carbons (Fsp3) is 0.130. The molecular formula is C23H21BrFN5O2. The van der Waals surface area contributed by atoms with Gasteiger partial charge in [0, 0.05) is 17.8 Å². The van der Waals surface area contributed by atoms with Crippen LogP contribution < -0.4 is 10.6 Å². The van der Waals surface area contributed by atoms with Gasteiger partial charge in [0.2, 0.25) is 5.82 Å². The molecule has 1 heterocycles. The zero-order chi connectivity index (χ0) is 23.1. The number of nitrogens with zero attached hydrogens (tertiary/aromatic N) is 3. The largest absolute Gasteiger partial charge is 0.338 e. The molecule has 0 unspecified atom stereocenters. The molecule has 7 nitrogen and oxygen atoms in total. The second-order valence-electron chi connectivity index (χ2n) is 6.66. The van der Waals surface area contributed by atoms with Crippen LogP contribution in [0.4, 0.5) is 15.9 Å². The quantitative estimate of drug-likeness (QED) is 0.251. The summed E-state index contributed by atoms with van der Waals surface area (Å²) in [6.07, 6.45) is 5.34. The molecule has 3 aromatic rings. The molecule has 0 bridgehead atoms. The van der Waals surface area contributed by atoms with Crippen LogP contribution in [0.1, 0.15) is 34.1 Å². The molecule has 2 N–H and O–H groups in total. The van der Waals surface area contributed by atoms with Gasteiger partial charge < -0.3 is 10.6 Å². The van der Waals surface area contributed by atoms with Crippen LogP contribution in [0.5, 0.6) is 0 Å². The first-order valence-corrected chi connectivity index (χ1v) is 10.5. The third kappa shape index (κ3) is 5.55. The zero-order valence-corrected chi connectivity index (χ0v) is 19.1. The number of aryl methyl sites for hydroxylation is 1. The maximum Gasteiger partial charge on any atom is 0.256 e. The number of aromatic nitrogens is 2. The molecule has 3 rings (SSSR count). The third-order valence-corrected chi connectivity index (χ3v) is 5.00. The molecular weight excluding hydrogens is 477 g/mol. The standard InChI is InChI=1S/C23H21BrFN5O2/c1-4-6-7-15-12-16(9-8-14(15)3)23(31)28-22-20(29-32-30-22)21(26-5-2)27-17-10-11-19(25)18(24)13-17/h4,6-13H,1,5H2,2-3H3,(H,26,27)(H,28,30,31)/b7-6-. The minimum atomic E-state index is -0.388. The van der Waals surface area contributed by atoms with Crippen molar-refractivity contribution >= 4 is 45.3 Å². The Kier molecular flexibility index (Phi) is 7.67. The second kappa shape index (κ2) is 10.6. The number of carbonyl (C=O) groups is 1. The van der Waals surface area contributed by atoms with Crippen molar-refractivity contribution in [1.29, 1.82) is 0 Å². The first-order valence-electron chi connectivity index (χ1n) is 9.73. The average molecular weight is 498 g/mol. The second-order valence-corrected chi connectivity index (χ2v) is 7.51. The highest BCUT2D eigenvalue weighted by atomic mass is 79.9. The van der Waals surface area contributed by atoms with E-state index in [0.717, 1.165) is 11.1 Å². The van der Waals surface area contributed by atoms with E-state index in [-0.39, 0.29) is 23.2 Å². The van der Waals surface area contributed by atoms with Crippen molar-refractivity contribution in [3.63, 3.8) is 0 Å². The van der Waals surface area contributed by atoms with Crippen LogP contribution in [0.2, 0.25) is 0 Å². The summed E-state index contributed by atoms with van der Waals surface area (Å²) < 4.78 is 18.7. The number of amidine groups is 1. The van der Waals surface area contributed by atoms with Crippen molar-refractivity contribution in [3.05, 3.63) is 87.8 Å². The van der Waals surface area contributed by atoms with Gasteiger partial charge in [-0.3, -0.25) is 9.79 Å². The summed E-state index contributed by atoms with van der Waals surface area (Å²) in [4.78, 5) is 17.2. The van der Waals surface area contributed by atoms with E-state index < -0.39 is 0 Å². The average Bonchev–Trinajstić information content (AvgIpc) is 3.23. The molecule has 0 aliphatic rings. The number of nitrogens with one attached hydrogen (secondary N) is 2. The van der Waals surface area contributed by atoms with Gasteiger partial charge in [-0.1, -0.05) is 30.9 Å². The van der Waals surface area contributed by atoms with Crippen LogP contribution in [0, 0.1) is 12.7 Å². The molecule has 0 aliphatic heterocycles. The first-order chi connectivity index (χ1) is 15.4. The van der Waals surface area contributed by atoms with Gasteiger partial charge in [-0.15, -0.1) is 0 Å². The molecule has 32 heavy (non-hydrogen) atoms. The van der Waals surface area contributed by atoms with Crippen LogP contribution in [0.25, 0.3) is 6.08 Å². The van der Waals surface area contributed by atoms with Gasteiger partial charge in [-0.25, -0.2) is 9.02 Å². The molecule has 0 fully saturated rings. The Bertz CT molecular complexity index is 1200. The number of carbonyl (C=O) groups excluding carboxylic acids is 1. The molecule has 164 valence electrons. The summed E-state index contributed by atoms with van der Waals surface area (Å²) in [5.74, 6) is -0.336. The number of anilines is 2. The molecule has 9 heteroatoms. The van der Waals surface area contributed by atoms with Gasteiger partial charge in [-0.2, -0.15) is 0 Å². The topological polar surface area (TPSA) is 92.4 Å². The molecule has 0 radical (unpaired) electrons. The minimum absolute atomic E-state index is 0.111. The van der Waals surface area contributed by atoms with E-state index in [0.29, 0.717) is 28.1 Å². The number of allylic oxidation sites excluding steroid dienone is 2. The predicted octanol–water partition coefficient (Wildman–Crippen LogP) is 5.61. The summed E-state index contributed by atoms with van der Waals surface area (Å²) in [6, 6.07) is 9.79. The van der Waals surface area contributed by atoms with Crippen LogP contribution in [-0.2, 0) is 0 Å².